The molecular formula is C28H31N3O2. The van der Waals surface area contributed by atoms with Crippen molar-refractivity contribution in [3.63, 3.8) is 0 Å². The molecular weight excluding hydrogens is 410 g/mol. The van der Waals surface area contributed by atoms with Gasteiger partial charge in [-0.05, 0) is 60.1 Å². The first-order valence-corrected chi connectivity index (χ1v) is 11.5. The highest BCUT2D eigenvalue weighted by Gasteiger charge is 2.24. The fourth-order valence-corrected chi connectivity index (χ4v) is 3.87. The van der Waals surface area contributed by atoms with Crippen LogP contribution >= 0.6 is 0 Å². The van der Waals surface area contributed by atoms with Crippen molar-refractivity contribution in [2.75, 3.05) is 0 Å². The highest BCUT2D eigenvalue weighted by atomic mass is 16.2. The van der Waals surface area contributed by atoms with Crippen LogP contribution in [0, 0.1) is 17.2 Å². The van der Waals surface area contributed by atoms with Gasteiger partial charge in [-0.15, -0.1) is 0 Å². The summed E-state index contributed by atoms with van der Waals surface area (Å²) in [6.45, 7) is 4.01. The lowest BCUT2D eigenvalue weighted by Gasteiger charge is -2.22. The molecule has 3 aromatic rings. The Hall–Kier alpha value is -3.65. The van der Waals surface area contributed by atoms with Crippen molar-refractivity contribution in [1.29, 1.82) is 5.26 Å². The number of fused-ring (bicyclic) bond motifs is 1. The lowest BCUT2D eigenvalue weighted by atomic mass is 10.0. The monoisotopic (exact) mass is 441 g/mol. The number of hydrogen-bond donors (Lipinski definition) is 2. The first-order valence-electron chi connectivity index (χ1n) is 11.5. The van der Waals surface area contributed by atoms with Gasteiger partial charge in [0.2, 0.25) is 5.91 Å². The molecule has 3 aromatic carbocycles. The third kappa shape index (κ3) is 7.18. The number of rotatable bonds is 10. The fraction of sp³-hybridized carbons (Fsp3) is 0.321. The van der Waals surface area contributed by atoms with E-state index < -0.39 is 12.1 Å². The second-order valence-corrected chi connectivity index (χ2v) is 8.79. The van der Waals surface area contributed by atoms with E-state index in [-0.39, 0.29) is 17.7 Å². The Morgan fingerprint density at radius 1 is 0.909 bits per heavy atom. The summed E-state index contributed by atoms with van der Waals surface area (Å²) in [6, 6.07) is 24.3. The molecule has 0 fully saturated rings. The molecule has 0 unspecified atom stereocenters. The molecule has 0 heterocycles. The summed E-state index contributed by atoms with van der Waals surface area (Å²) in [7, 11) is 0. The summed E-state index contributed by atoms with van der Waals surface area (Å²) in [5, 5.41) is 17.3. The predicted molar refractivity (Wildman–Crippen MR) is 132 cm³/mol. The SMILES string of the molecule is CC(C)C[C@H](NC(=O)c1ccc2ccccc2c1)C(=O)N[C@H](C#N)CCCc1ccccc1. The van der Waals surface area contributed by atoms with Gasteiger partial charge >= 0.3 is 0 Å². The number of carbonyl (C=O) groups is 2. The third-order valence-corrected chi connectivity index (χ3v) is 5.61. The van der Waals surface area contributed by atoms with Gasteiger partial charge in [0, 0.05) is 5.56 Å². The lowest BCUT2D eigenvalue weighted by molar-refractivity contribution is -0.123. The first-order chi connectivity index (χ1) is 16.0. The number of nitrogens with zero attached hydrogens (tertiary/aromatic N) is 1. The Morgan fingerprint density at radius 2 is 1.61 bits per heavy atom. The quantitative estimate of drug-likeness (QED) is 0.464. The molecule has 2 N–H and O–H groups in total. The molecule has 0 saturated carbocycles. The van der Waals surface area contributed by atoms with Gasteiger partial charge < -0.3 is 10.6 Å². The Balaban J connectivity index is 1.61. The van der Waals surface area contributed by atoms with Crippen LogP contribution in [-0.2, 0) is 11.2 Å². The van der Waals surface area contributed by atoms with Crippen molar-refractivity contribution < 1.29 is 9.59 Å². The van der Waals surface area contributed by atoms with Gasteiger partial charge in [-0.2, -0.15) is 5.26 Å². The van der Waals surface area contributed by atoms with Crippen LogP contribution in [0.2, 0.25) is 0 Å². The maximum Gasteiger partial charge on any atom is 0.251 e. The zero-order chi connectivity index (χ0) is 23.6. The summed E-state index contributed by atoms with van der Waals surface area (Å²) in [6.07, 6.45) is 2.70. The lowest BCUT2D eigenvalue weighted by Crippen LogP contribution is -2.50. The molecule has 2 atom stereocenters. The molecule has 0 saturated heterocycles. The normalized spacial score (nSPS) is 12.7. The number of amides is 2. The van der Waals surface area contributed by atoms with E-state index in [9.17, 15) is 14.9 Å². The van der Waals surface area contributed by atoms with E-state index in [1.54, 1.807) is 6.07 Å². The van der Waals surface area contributed by atoms with E-state index in [2.05, 4.69) is 28.8 Å². The highest BCUT2D eigenvalue weighted by Crippen LogP contribution is 2.16. The van der Waals surface area contributed by atoms with Crippen LogP contribution in [0.15, 0.2) is 72.8 Å². The maximum absolute atomic E-state index is 13.0. The van der Waals surface area contributed by atoms with Crippen molar-refractivity contribution in [3.8, 4) is 6.07 Å². The Labute approximate surface area is 195 Å². The third-order valence-electron chi connectivity index (χ3n) is 5.61. The number of nitrogens with one attached hydrogen (secondary N) is 2. The second kappa shape index (κ2) is 11.8. The number of carbonyl (C=O) groups excluding carboxylic acids is 2. The molecule has 0 aliphatic rings. The van der Waals surface area contributed by atoms with Gasteiger partial charge in [0.05, 0.1) is 6.07 Å². The van der Waals surface area contributed by atoms with E-state index in [0.29, 0.717) is 18.4 Å². The average Bonchev–Trinajstić information content (AvgIpc) is 2.82. The van der Waals surface area contributed by atoms with E-state index in [1.807, 2.05) is 68.4 Å². The van der Waals surface area contributed by atoms with Crippen LogP contribution in [0.3, 0.4) is 0 Å². The number of aryl methyl sites for hydroxylation is 1. The molecule has 0 radical (unpaired) electrons. The van der Waals surface area contributed by atoms with Gasteiger partial charge in [0.25, 0.3) is 5.91 Å². The highest BCUT2D eigenvalue weighted by molar-refractivity contribution is 6.00. The summed E-state index contributed by atoms with van der Waals surface area (Å²) >= 11 is 0. The van der Waals surface area contributed by atoms with Gasteiger partial charge in [-0.25, -0.2) is 0 Å². The minimum absolute atomic E-state index is 0.205. The number of hydrogen-bond acceptors (Lipinski definition) is 3. The van der Waals surface area contributed by atoms with Crippen molar-refractivity contribution in [2.45, 2.75) is 51.6 Å². The van der Waals surface area contributed by atoms with Gasteiger partial charge in [-0.3, -0.25) is 9.59 Å². The van der Waals surface area contributed by atoms with E-state index in [4.69, 9.17) is 0 Å². The van der Waals surface area contributed by atoms with Gasteiger partial charge in [0.15, 0.2) is 0 Å². The average molecular weight is 442 g/mol. The van der Waals surface area contributed by atoms with Gasteiger partial charge in [-0.1, -0.05) is 74.5 Å². The topological polar surface area (TPSA) is 82.0 Å². The molecule has 5 nitrogen and oxygen atoms in total. The standard InChI is InChI=1S/C28H31N3O2/c1-20(2)17-26(31-27(32)24-16-15-22-12-6-7-13-23(22)18-24)28(33)30-25(19-29)14-8-11-21-9-4-3-5-10-21/h3-7,9-10,12-13,15-16,18,20,25-26H,8,11,14,17H2,1-2H3,(H,30,33)(H,31,32)/t25-,26-/m0/s1. The number of benzene rings is 3. The molecule has 2 amide bonds. The van der Waals surface area contributed by atoms with Crippen LogP contribution in [0.1, 0.15) is 49.0 Å². The van der Waals surface area contributed by atoms with Crippen LogP contribution in [0.5, 0.6) is 0 Å². The van der Waals surface area contributed by atoms with Crippen molar-refractivity contribution in [3.05, 3.63) is 83.9 Å². The van der Waals surface area contributed by atoms with Gasteiger partial charge in [0.1, 0.15) is 12.1 Å². The minimum Gasteiger partial charge on any atom is -0.340 e. The molecule has 0 aliphatic heterocycles. The minimum atomic E-state index is -0.700. The first kappa shape index (κ1) is 24.0. The van der Waals surface area contributed by atoms with E-state index in [1.165, 1.54) is 5.56 Å². The molecule has 170 valence electrons. The number of nitriles is 1. The Kier molecular flexibility index (Phi) is 8.60. The molecule has 0 aliphatic carbocycles. The molecule has 5 heteroatoms. The molecule has 0 spiro atoms. The van der Waals surface area contributed by atoms with Crippen LogP contribution < -0.4 is 10.6 Å². The summed E-state index contributed by atoms with van der Waals surface area (Å²) < 4.78 is 0. The molecule has 0 bridgehead atoms. The molecule has 33 heavy (non-hydrogen) atoms. The zero-order valence-corrected chi connectivity index (χ0v) is 19.3. The van der Waals surface area contributed by atoms with Crippen LogP contribution in [0.25, 0.3) is 10.8 Å². The van der Waals surface area contributed by atoms with Crippen LogP contribution in [0.4, 0.5) is 0 Å². The fourth-order valence-electron chi connectivity index (χ4n) is 3.87. The summed E-state index contributed by atoms with van der Waals surface area (Å²) in [5.41, 5.74) is 1.72. The van der Waals surface area contributed by atoms with Crippen LogP contribution in [-0.4, -0.2) is 23.9 Å². The smallest absolute Gasteiger partial charge is 0.251 e. The molecule has 3 rings (SSSR count). The predicted octanol–water partition coefficient (Wildman–Crippen LogP) is 5.02. The summed E-state index contributed by atoms with van der Waals surface area (Å²) in [5.74, 6) is -0.403. The second-order valence-electron chi connectivity index (χ2n) is 8.79. The van der Waals surface area contributed by atoms with E-state index >= 15 is 0 Å². The van der Waals surface area contributed by atoms with Crippen molar-refractivity contribution >= 4 is 22.6 Å². The largest absolute Gasteiger partial charge is 0.340 e. The zero-order valence-electron chi connectivity index (χ0n) is 19.3. The Bertz CT molecular complexity index is 1120. The maximum atomic E-state index is 13.0. The van der Waals surface area contributed by atoms with Crippen molar-refractivity contribution in [2.24, 2.45) is 5.92 Å². The molecule has 0 aromatic heterocycles. The summed E-state index contributed by atoms with van der Waals surface area (Å²) in [4.78, 5) is 25.9. The Morgan fingerprint density at radius 3 is 2.30 bits per heavy atom. The van der Waals surface area contributed by atoms with E-state index in [0.717, 1.165) is 23.6 Å². The van der Waals surface area contributed by atoms with Crippen molar-refractivity contribution in [1.82, 2.24) is 10.6 Å².